The molecule has 0 saturated carbocycles. The second kappa shape index (κ2) is 7.41. The molecule has 100 valence electrons. The molecule has 1 aromatic rings. The quantitative estimate of drug-likeness (QED) is 0.788. The maximum atomic E-state index is 12.3. The first kappa shape index (κ1) is 15.9. The molecule has 1 aromatic carbocycles. The van der Waals surface area contributed by atoms with Gasteiger partial charge >= 0.3 is 0 Å². The summed E-state index contributed by atoms with van der Waals surface area (Å²) in [5, 5.41) is 0.478. The smallest absolute Gasteiger partial charge is 0.255 e. The van der Waals surface area contributed by atoms with E-state index in [0.717, 1.165) is 16.6 Å². The fraction of sp³-hybridized carbons (Fsp3) is 0.462. The number of amides is 1. The molecule has 0 aliphatic rings. The van der Waals surface area contributed by atoms with Gasteiger partial charge in [-0.3, -0.25) is 4.79 Å². The van der Waals surface area contributed by atoms with Gasteiger partial charge in [0.25, 0.3) is 5.91 Å². The van der Waals surface area contributed by atoms with Crippen molar-refractivity contribution in [3.63, 3.8) is 0 Å². The molecule has 0 N–H and O–H groups in total. The standard InChI is InChI=1S/C13H17BrClNOS/c1-9(7-8-18-3)16(2)13(17)10-5-4-6-11(14)12(10)15/h4-6,9H,7-8H2,1-3H3. The lowest BCUT2D eigenvalue weighted by molar-refractivity contribution is 0.0741. The minimum Gasteiger partial charge on any atom is -0.339 e. The topological polar surface area (TPSA) is 20.3 Å². The van der Waals surface area contributed by atoms with E-state index in [0.29, 0.717) is 10.6 Å². The highest BCUT2D eigenvalue weighted by Gasteiger charge is 2.20. The van der Waals surface area contributed by atoms with Crippen molar-refractivity contribution in [2.75, 3.05) is 19.1 Å². The van der Waals surface area contributed by atoms with Gasteiger partial charge in [-0.2, -0.15) is 11.8 Å². The van der Waals surface area contributed by atoms with Gasteiger partial charge in [0.05, 0.1) is 10.6 Å². The third-order valence-electron chi connectivity index (χ3n) is 2.90. The largest absolute Gasteiger partial charge is 0.339 e. The first-order valence-corrected chi connectivity index (χ1v) is 8.25. The van der Waals surface area contributed by atoms with Crippen LogP contribution in [0.2, 0.25) is 5.02 Å². The number of carbonyl (C=O) groups excluding carboxylic acids is 1. The highest BCUT2D eigenvalue weighted by molar-refractivity contribution is 9.10. The van der Waals surface area contributed by atoms with Gasteiger partial charge in [-0.15, -0.1) is 0 Å². The van der Waals surface area contributed by atoms with E-state index in [1.807, 2.05) is 19.2 Å². The Labute approximate surface area is 126 Å². The molecule has 0 spiro atoms. The van der Waals surface area contributed by atoms with Gasteiger partial charge in [-0.05, 0) is 53.4 Å². The van der Waals surface area contributed by atoms with E-state index >= 15 is 0 Å². The Morgan fingerprint density at radius 2 is 2.22 bits per heavy atom. The van der Waals surface area contributed by atoms with E-state index in [9.17, 15) is 4.79 Å². The lowest BCUT2D eigenvalue weighted by Crippen LogP contribution is -2.35. The molecule has 0 heterocycles. The summed E-state index contributed by atoms with van der Waals surface area (Å²) in [6.07, 6.45) is 3.05. The van der Waals surface area contributed by atoms with Crippen LogP contribution in [0.1, 0.15) is 23.7 Å². The zero-order valence-electron chi connectivity index (χ0n) is 10.7. The molecule has 18 heavy (non-hydrogen) atoms. The predicted octanol–water partition coefficient (Wildman–Crippen LogP) is 4.32. The average molecular weight is 351 g/mol. The SMILES string of the molecule is CSCCC(C)N(C)C(=O)c1cccc(Br)c1Cl. The molecule has 0 radical (unpaired) electrons. The molecule has 0 aromatic heterocycles. The Bertz CT molecular complexity index is 427. The van der Waals surface area contributed by atoms with E-state index in [1.54, 1.807) is 22.7 Å². The summed E-state index contributed by atoms with van der Waals surface area (Å²) < 4.78 is 0.750. The maximum Gasteiger partial charge on any atom is 0.255 e. The molecule has 0 fully saturated rings. The Kier molecular flexibility index (Phi) is 6.53. The van der Waals surface area contributed by atoms with E-state index in [-0.39, 0.29) is 11.9 Å². The molecule has 1 rings (SSSR count). The van der Waals surface area contributed by atoms with Crippen LogP contribution in [0, 0.1) is 0 Å². The lowest BCUT2D eigenvalue weighted by Gasteiger charge is -2.25. The summed E-state index contributed by atoms with van der Waals surface area (Å²) in [4.78, 5) is 14.1. The summed E-state index contributed by atoms with van der Waals surface area (Å²) >= 11 is 11.3. The summed E-state index contributed by atoms with van der Waals surface area (Å²) in [5.41, 5.74) is 0.546. The molecule has 5 heteroatoms. The van der Waals surface area contributed by atoms with Crippen LogP contribution >= 0.6 is 39.3 Å². The number of thioether (sulfide) groups is 1. The number of rotatable bonds is 5. The number of nitrogens with zero attached hydrogens (tertiary/aromatic N) is 1. The van der Waals surface area contributed by atoms with Gasteiger partial charge in [0.2, 0.25) is 0 Å². The molecule has 0 saturated heterocycles. The number of benzene rings is 1. The molecular weight excluding hydrogens is 334 g/mol. The van der Waals surface area contributed by atoms with Crippen LogP contribution in [-0.4, -0.2) is 35.9 Å². The van der Waals surface area contributed by atoms with Crippen molar-refractivity contribution in [3.8, 4) is 0 Å². The van der Waals surface area contributed by atoms with E-state index in [2.05, 4.69) is 29.1 Å². The Hall–Kier alpha value is -0.190. The van der Waals surface area contributed by atoms with Gasteiger partial charge in [0.15, 0.2) is 0 Å². The summed E-state index contributed by atoms with van der Waals surface area (Å²) in [6, 6.07) is 5.62. The molecular formula is C13H17BrClNOS. The summed E-state index contributed by atoms with van der Waals surface area (Å²) in [5.74, 6) is 1.01. The second-order valence-electron chi connectivity index (χ2n) is 4.15. The lowest BCUT2D eigenvalue weighted by atomic mass is 10.1. The monoisotopic (exact) mass is 349 g/mol. The average Bonchev–Trinajstić information content (AvgIpc) is 2.37. The third-order valence-corrected chi connectivity index (χ3v) is 4.84. The number of hydrogen-bond acceptors (Lipinski definition) is 2. The molecule has 1 unspecified atom stereocenters. The molecule has 0 aliphatic carbocycles. The number of halogens is 2. The van der Waals surface area contributed by atoms with Gasteiger partial charge in [0, 0.05) is 17.6 Å². The van der Waals surface area contributed by atoms with Gasteiger partial charge in [0.1, 0.15) is 0 Å². The van der Waals surface area contributed by atoms with Crippen LogP contribution in [0.3, 0.4) is 0 Å². The minimum atomic E-state index is -0.0325. The van der Waals surface area contributed by atoms with Crippen LogP contribution in [0.25, 0.3) is 0 Å². The zero-order chi connectivity index (χ0) is 13.7. The van der Waals surface area contributed by atoms with Crippen molar-refractivity contribution >= 4 is 45.2 Å². The zero-order valence-corrected chi connectivity index (χ0v) is 13.9. The van der Waals surface area contributed by atoms with Crippen molar-refractivity contribution in [1.29, 1.82) is 0 Å². The summed E-state index contributed by atoms with van der Waals surface area (Å²) in [6.45, 7) is 2.06. The molecule has 1 amide bonds. The normalized spacial score (nSPS) is 12.3. The first-order valence-electron chi connectivity index (χ1n) is 5.69. The van der Waals surface area contributed by atoms with Crippen molar-refractivity contribution in [1.82, 2.24) is 4.90 Å². The number of hydrogen-bond donors (Lipinski definition) is 0. The minimum absolute atomic E-state index is 0.0325. The fourth-order valence-corrected chi connectivity index (χ4v) is 2.69. The van der Waals surface area contributed by atoms with Crippen molar-refractivity contribution < 1.29 is 4.79 Å². The number of carbonyl (C=O) groups is 1. The molecule has 0 aliphatic heterocycles. The highest BCUT2D eigenvalue weighted by atomic mass is 79.9. The van der Waals surface area contributed by atoms with Crippen molar-refractivity contribution in [3.05, 3.63) is 33.3 Å². The van der Waals surface area contributed by atoms with Crippen molar-refractivity contribution in [2.24, 2.45) is 0 Å². The Morgan fingerprint density at radius 1 is 1.56 bits per heavy atom. The summed E-state index contributed by atoms with van der Waals surface area (Å²) in [7, 11) is 1.82. The van der Waals surface area contributed by atoms with Crippen LogP contribution in [0.4, 0.5) is 0 Å². The van der Waals surface area contributed by atoms with Crippen LogP contribution < -0.4 is 0 Å². The van der Waals surface area contributed by atoms with Gasteiger partial charge in [-0.1, -0.05) is 17.7 Å². The highest BCUT2D eigenvalue weighted by Crippen LogP contribution is 2.27. The third kappa shape index (κ3) is 3.90. The van der Waals surface area contributed by atoms with Crippen LogP contribution in [0.15, 0.2) is 22.7 Å². The van der Waals surface area contributed by atoms with E-state index in [1.165, 1.54) is 0 Å². The van der Waals surface area contributed by atoms with E-state index in [4.69, 9.17) is 11.6 Å². The molecule has 0 bridgehead atoms. The van der Waals surface area contributed by atoms with Gasteiger partial charge < -0.3 is 4.90 Å². The fourth-order valence-electron chi connectivity index (χ4n) is 1.54. The Morgan fingerprint density at radius 3 is 2.83 bits per heavy atom. The molecule has 1 atom stereocenters. The van der Waals surface area contributed by atoms with Crippen molar-refractivity contribution in [2.45, 2.75) is 19.4 Å². The van der Waals surface area contributed by atoms with E-state index < -0.39 is 0 Å². The molecule has 2 nitrogen and oxygen atoms in total. The van der Waals surface area contributed by atoms with Gasteiger partial charge in [-0.25, -0.2) is 0 Å². The first-order chi connectivity index (χ1) is 8.49. The maximum absolute atomic E-state index is 12.3. The van der Waals surface area contributed by atoms with Crippen LogP contribution in [-0.2, 0) is 0 Å². The van der Waals surface area contributed by atoms with Crippen LogP contribution in [0.5, 0.6) is 0 Å². The predicted molar refractivity (Wildman–Crippen MR) is 83.7 cm³/mol. The Balaban J connectivity index is 2.83. The second-order valence-corrected chi connectivity index (χ2v) is 6.37.